The Hall–Kier alpha value is -1.46. The molecule has 0 fully saturated rings. The Morgan fingerprint density at radius 3 is 2.24 bits per heavy atom. The first kappa shape index (κ1) is 19.5. The minimum absolute atomic E-state index is 0. The molecule has 0 atom stereocenters. The summed E-state index contributed by atoms with van der Waals surface area (Å²) < 4.78 is 10.5. The maximum Gasteiger partial charge on any atom is 0.224 e. The number of nitrogens with one attached hydrogen (secondary N) is 2. The Kier molecular flexibility index (Phi) is 10.4. The Morgan fingerprint density at radius 2 is 1.71 bits per heavy atom. The van der Waals surface area contributed by atoms with Gasteiger partial charge in [0.2, 0.25) is 5.91 Å². The van der Waals surface area contributed by atoms with Gasteiger partial charge < -0.3 is 20.1 Å². The van der Waals surface area contributed by atoms with Crippen LogP contribution in [0.3, 0.4) is 0 Å². The molecule has 0 saturated carbocycles. The lowest BCUT2D eigenvalue weighted by Crippen LogP contribution is -2.33. The van der Waals surface area contributed by atoms with E-state index in [0.29, 0.717) is 18.0 Å². The molecule has 6 heteroatoms. The number of carbonyl (C=O) groups is 1. The van der Waals surface area contributed by atoms with Gasteiger partial charge in [-0.15, -0.1) is 12.4 Å². The van der Waals surface area contributed by atoms with Gasteiger partial charge >= 0.3 is 0 Å². The second kappa shape index (κ2) is 11.2. The summed E-state index contributed by atoms with van der Waals surface area (Å²) in [4.78, 5) is 11.9. The lowest BCUT2D eigenvalue weighted by molar-refractivity contribution is -0.120. The molecule has 0 bridgehead atoms. The lowest BCUT2D eigenvalue weighted by Gasteiger charge is -2.13. The quantitative estimate of drug-likeness (QED) is 0.682. The van der Waals surface area contributed by atoms with Gasteiger partial charge in [-0.3, -0.25) is 4.79 Å². The van der Waals surface area contributed by atoms with Gasteiger partial charge in [-0.25, -0.2) is 0 Å². The molecule has 1 rings (SSSR count). The van der Waals surface area contributed by atoms with Crippen LogP contribution >= 0.6 is 12.4 Å². The van der Waals surface area contributed by atoms with E-state index in [1.807, 2.05) is 18.2 Å². The van der Waals surface area contributed by atoms with E-state index >= 15 is 0 Å². The predicted molar refractivity (Wildman–Crippen MR) is 86.7 cm³/mol. The average molecular weight is 317 g/mol. The second-order valence-electron chi connectivity index (χ2n) is 4.42. The second-order valence-corrected chi connectivity index (χ2v) is 4.42. The first-order chi connectivity index (χ1) is 9.72. The fourth-order valence-electron chi connectivity index (χ4n) is 1.92. The summed E-state index contributed by atoms with van der Waals surface area (Å²) in [6.45, 7) is 4.48. The Morgan fingerprint density at radius 1 is 1.10 bits per heavy atom. The minimum Gasteiger partial charge on any atom is -0.496 e. The number of ether oxygens (including phenoxy) is 2. The highest BCUT2D eigenvalue weighted by molar-refractivity contribution is 5.85. The Bertz CT molecular complexity index is 405. The molecule has 5 nitrogen and oxygen atoms in total. The molecule has 1 aromatic carbocycles. The Balaban J connectivity index is 0.00000400. The fourth-order valence-corrected chi connectivity index (χ4v) is 1.92. The van der Waals surface area contributed by atoms with E-state index in [9.17, 15) is 4.79 Å². The van der Waals surface area contributed by atoms with Crippen molar-refractivity contribution in [3.8, 4) is 11.5 Å². The molecule has 21 heavy (non-hydrogen) atoms. The molecule has 0 aliphatic rings. The van der Waals surface area contributed by atoms with Crippen molar-refractivity contribution in [2.24, 2.45) is 0 Å². The van der Waals surface area contributed by atoms with Gasteiger partial charge in [0.05, 0.1) is 20.6 Å². The van der Waals surface area contributed by atoms with Crippen LogP contribution in [0, 0.1) is 0 Å². The van der Waals surface area contributed by atoms with Crippen molar-refractivity contribution in [2.75, 3.05) is 33.9 Å². The third-order valence-corrected chi connectivity index (χ3v) is 2.92. The smallest absolute Gasteiger partial charge is 0.224 e. The van der Waals surface area contributed by atoms with E-state index < -0.39 is 0 Å². The van der Waals surface area contributed by atoms with Crippen molar-refractivity contribution in [1.82, 2.24) is 10.6 Å². The number of amides is 1. The summed E-state index contributed by atoms with van der Waals surface area (Å²) in [5.74, 6) is 1.30. The molecule has 2 N–H and O–H groups in total. The molecule has 0 aliphatic heterocycles. The molecular formula is C15H25ClN2O3. The van der Waals surface area contributed by atoms with Crippen LogP contribution in [0.25, 0.3) is 0 Å². The fraction of sp³-hybridized carbons (Fsp3) is 0.533. The van der Waals surface area contributed by atoms with Crippen molar-refractivity contribution in [2.45, 2.75) is 19.8 Å². The Labute approximate surface area is 132 Å². The molecule has 0 unspecified atom stereocenters. The van der Waals surface area contributed by atoms with Crippen LogP contribution in [0.1, 0.15) is 18.9 Å². The van der Waals surface area contributed by atoms with E-state index in [1.54, 1.807) is 14.2 Å². The highest BCUT2D eigenvalue weighted by atomic mass is 35.5. The summed E-state index contributed by atoms with van der Waals surface area (Å²) in [5.41, 5.74) is 0.775. The maximum atomic E-state index is 11.9. The number of hydrogen-bond donors (Lipinski definition) is 2. The number of rotatable bonds is 9. The summed E-state index contributed by atoms with van der Waals surface area (Å²) in [5, 5.41) is 6.12. The maximum absolute atomic E-state index is 11.9. The van der Waals surface area contributed by atoms with Gasteiger partial charge in [-0.1, -0.05) is 13.0 Å². The largest absolute Gasteiger partial charge is 0.496 e. The third kappa shape index (κ3) is 6.69. The van der Waals surface area contributed by atoms with Gasteiger partial charge in [0.1, 0.15) is 11.5 Å². The summed E-state index contributed by atoms with van der Waals surface area (Å²) in [6.07, 6.45) is 1.34. The minimum atomic E-state index is -0.0360. The third-order valence-electron chi connectivity index (χ3n) is 2.92. The molecule has 0 aliphatic carbocycles. The van der Waals surface area contributed by atoms with Crippen LogP contribution in [-0.4, -0.2) is 39.8 Å². The first-order valence-electron chi connectivity index (χ1n) is 6.90. The van der Waals surface area contributed by atoms with Gasteiger partial charge in [0, 0.05) is 18.7 Å². The zero-order valence-electron chi connectivity index (χ0n) is 12.9. The normalized spacial score (nSPS) is 9.67. The standard InChI is InChI=1S/C15H24N2O3.ClH/c1-4-8-16-9-10-17-15(18)11-12-13(19-2)6-5-7-14(12)20-3;/h5-7,16H,4,8-11H2,1-3H3,(H,17,18);1H. The van der Waals surface area contributed by atoms with E-state index in [1.165, 1.54) is 0 Å². The van der Waals surface area contributed by atoms with E-state index in [2.05, 4.69) is 17.6 Å². The van der Waals surface area contributed by atoms with E-state index in [0.717, 1.165) is 25.1 Å². The van der Waals surface area contributed by atoms with Crippen LogP contribution in [0.15, 0.2) is 18.2 Å². The molecule has 0 spiro atoms. The van der Waals surface area contributed by atoms with Crippen molar-refractivity contribution in [1.29, 1.82) is 0 Å². The van der Waals surface area contributed by atoms with Gasteiger partial charge in [0.15, 0.2) is 0 Å². The predicted octanol–water partition coefficient (Wildman–Crippen LogP) is 1.78. The monoisotopic (exact) mass is 316 g/mol. The molecule has 0 heterocycles. The van der Waals surface area contributed by atoms with Gasteiger partial charge in [-0.2, -0.15) is 0 Å². The van der Waals surface area contributed by atoms with Crippen LogP contribution < -0.4 is 20.1 Å². The van der Waals surface area contributed by atoms with Crippen LogP contribution in [-0.2, 0) is 11.2 Å². The van der Waals surface area contributed by atoms with Crippen LogP contribution in [0.2, 0.25) is 0 Å². The topological polar surface area (TPSA) is 59.6 Å². The highest BCUT2D eigenvalue weighted by Crippen LogP contribution is 2.28. The number of hydrogen-bond acceptors (Lipinski definition) is 4. The van der Waals surface area contributed by atoms with Crippen molar-refractivity contribution in [3.63, 3.8) is 0 Å². The number of benzene rings is 1. The van der Waals surface area contributed by atoms with Crippen molar-refractivity contribution in [3.05, 3.63) is 23.8 Å². The number of methoxy groups -OCH3 is 2. The summed E-state index contributed by atoms with van der Waals surface area (Å²) in [7, 11) is 3.18. The van der Waals surface area contributed by atoms with Crippen molar-refractivity contribution >= 4 is 18.3 Å². The summed E-state index contributed by atoms with van der Waals surface area (Å²) >= 11 is 0. The molecule has 1 aromatic rings. The zero-order valence-corrected chi connectivity index (χ0v) is 13.7. The SMILES string of the molecule is CCCNCCNC(=O)Cc1c(OC)cccc1OC.Cl. The average Bonchev–Trinajstić information content (AvgIpc) is 2.47. The molecule has 120 valence electrons. The van der Waals surface area contributed by atoms with Gasteiger partial charge in [0.25, 0.3) is 0 Å². The van der Waals surface area contributed by atoms with Crippen LogP contribution in [0.5, 0.6) is 11.5 Å². The molecular weight excluding hydrogens is 292 g/mol. The number of carbonyl (C=O) groups excluding carboxylic acids is 1. The molecule has 0 radical (unpaired) electrons. The van der Waals surface area contributed by atoms with E-state index in [4.69, 9.17) is 9.47 Å². The van der Waals surface area contributed by atoms with Crippen molar-refractivity contribution < 1.29 is 14.3 Å². The first-order valence-corrected chi connectivity index (χ1v) is 6.90. The highest BCUT2D eigenvalue weighted by Gasteiger charge is 2.13. The lowest BCUT2D eigenvalue weighted by atomic mass is 10.1. The molecule has 1 amide bonds. The molecule has 0 aromatic heterocycles. The van der Waals surface area contributed by atoms with E-state index in [-0.39, 0.29) is 24.7 Å². The molecule has 0 saturated heterocycles. The summed E-state index contributed by atoms with van der Waals surface area (Å²) in [6, 6.07) is 5.50. The van der Waals surface area contributed by atoms with Gasteiger partial charge in [-0.05, 0) is 25.1 Å². The van der Waals surface area contributed by atoms with Crippen LogP contribution in [0.4, 0.5) is 0 Å². The number of halogens is 1. The zero-order chi connectivity index (χ0) is 14.8.